The Hall–Kier alpha value is -2.69. The molecule has 130 valence electrons. The first-order valence-electron chi connectivity index (χ1n) is 8.66. The van der Waals surface area contributed by atoms with Gasteiger partial charge in [0.15, 0.2) is 0 Å². The molecule has 1 fully saturated rings. The number of benzene rings is 2. The van der Waals surface area contributed by atoms with Crippen LogP contribution in [0.3, 0.4) is 0 Å². The van der Waals surface area contributed by atoms with Crippen molar-refractivity contribution >= 4 is 11.5 Å². The van der Waals surface area contributed by atoms with Crippen molar-refractivity contribution in [2.24, 2.45) is 5.10 Å². The second-order valence-corrected chi connectivity index (χ2v) is 6.42. The summed E-state index contributed by atoms with van der Waals surface area (Å²) in [5, 5.41) is 6.85. The van der Waals surface area contributed by atoms with Crippen molar-refractivity contribution < 1.29 is 9.47 Å². The Labute approximate surface area is 148 Å². The van der Waals surface area contributed by atoms with Crippen molar-refractivity contribution in [3.8, 4) is 11.5 Å². The number of ether oxygens (including phenoxy) is 2. The molecule has 0 amide bonds. The van der Waals surface area contributed by atoms with Gasteiger partial charge in [0.1, 0.15) is 29.7 Å². The van der Waals surface area contributed by atoms with E-state index in [1.54, 1.807) is 14.2 Å². The molecule has 5 nitrogen and oxygen atoms in total. The average molecular weight is 337 g/mol. The molecule has 0 N–H and O–H groups in total. The molecular weight excluding hydrogens is 314 g/mol. The molecule has 0 radical (unpaired) electrons. The van der Waals surface area contributed by atoms with E-state index in [0.717, 1.165) is 49.0 Å². The van der Waals surface area contributed by atoms with E-state index in [1.165, 1.54) is 5.56 Å². The quantitative estimate of drug-likeness (QED) is 0.837. The van der Waals surface area contributed by atoms with Crippen molar-refractivity contribution in [1.29, 1.82) is 0 Å². The van der Waals surface area contributed by atoms with Crippen molar-refractivity contribution in [2.45, 2.75) is 25.3 Å². The van der Waals surface area contributed by atoms with E-state index in [-0.39, 0.29) is 0 Å². The summed E-state index contributed by atoms with van der Waals surface area (Å²) in [6.45, 7) is 0.740. The third-order valence-electron chi connectivity index (χ3n) is 4.97. The number of anilines is 1. The number of hydrogen-bond acceptors (Lipinski definition) is 5. The normalized spacial score (nSPS) is 19.0. The van der Waals surface area contributed by atoms with Gasteiger partial charge in [-0.05, 0) is 30.5 Å². The predicted octanol–water partition coefficient (Wildman–Crippen LogP) is 3.50. The molecule has 25 heavy (non-hydrogen) atoms. The number of amidine groups is 1. The molecular formula is C20H23N3O2. The van der Waals surface area contributed by atoms with E-state index in [1.807, 2.05) is 23.2 Å². The molecule has 1 saturated heterocycles. The van der Waals surface area contributed by atoms with Crippen LogP contribution in [0.5, 0.6) is 11.5 Å². The van der Waals surface area contributed by atoms with Crippen LogP contribution in [0, 0.1) is 0 Å². The van der Waals surface area contributed by atoms with Crippen molar-refractivity contribution in [1.82, 2.24) is 4.90 Å². The zero-order valence-corrected chi connectivity index (χ0v) is 14.7. The van der Waals surface area contributed by atoms with Gasteiger partial charge in [-0.1, -0.05) is 36.4 Å². The Bertz CT molecular complexity index is 754. The van der Waals surface area contributed by atoms with E-state index >= 15 is 0 Å². The van der Waals surface area contributed by atoms with Crippen LogP contribution >= 0.6 is 0 Å². The molecule has 2 aliphatic heterocycles. The number of para-hydroxylation sites is 1. The van der Waals surface area contributed by atoms with Crippen LogP contribution in [0.25, 0.3) is 0 Å². The summed E-state index contributed by atoms with van der Waals surface area (Å²) in [5.41, 5.74) is 2.27. The van der Waals surface area contributed by atoms with E-state index in [4.69, 9.17) is 14.6 Å². The highest BCUT2D eigenvalue weighted by Crippen LogP contribution is 2.41. The second-order valence-electron chi connectivity index (χ2n) is 6.42. The largest absolute Gasteiger partial charge is 0.494 e. The van der Waals surface area contributed by atoms with Crippen LogP contribution < -0.4 is 14.5 Å². The van der Waals surface area contributed by atoms with Gasteiger partial charge < -0.3 is 14.4 Å². The number of methoxy groups -OCH3 is 2. The van der Waals surface area contributed by atoms with Crippen molar-refractivity contribution in [3.05, 3.63) is 54.1 Å². The van der Waals surface area contributed by atoms with Crippen LogP contribution in [0.2, 0.25) is 0 Å². The molecule has 2 aromatic carbocycles. The molecule has 0 aromatic heterocycles. The molecule has 0 bridgehead atoms. The Balaban J connectivity index is 1.57. The molecule has 2 aromatic rings. The highest BCUT2D eigenvalue weighted by Gasteiger charge is 2.36. The fourth-order valence-corrected chi connectivity index (χ4v) is 3.73. The lowest BCUT2D eigenvalue weighted by molar-refractivity contribution is 0.345. The second kappa shape index (κ2) is 6.67. The number of hydrazone groups is 1. The fraction of sp³-hybridized carbons (Fsp3) is 0.350. The molecule has 2 aliphatic rings. The van der Waals surface area contributed by atoms with E-state index < -0.39 is 0 Å². The van der Waals surface area contributed by atoms with Gasteiger partial charge in [-0.2, -0.15) is 5.10 Å². The Kier molecular flexibility index (Phi) is 4.22. The smallest absolute Gasteiger partial charge is 0.147 e. The minimum Gasteiger partial charge on any atom is -0.494 e. The predicted molar refractivity (Wildman–Crippen MR) is 99.3 cm³/mol. The van der Waals surface area contributed by atoms with Gasteiger partial charge in [0, 0.05) is 12.5 Å². The maximum Gasteiger partial charge on any atom is 0.147 e. The van der Waals surface area contributed by atoms with Gasteiger partial charge in [0.25, 0.3) is 0 Å². The summed E-state index contributed by atoms with van der Waals surface area (Å²) in [7, 11) is 3.36. The van der Waals surface area contributed by atoms with E-state index in [9.17, 15) is 0 Å². The van der Waals surface area contributed by atoms with Gasteiger partial charge in [0.2, 0.25) is 0 Å². The van der Waals surface area contributed by atoms with Crippen LogP contribution in [-0.4, -0.2) is 37.7 Å². The minimum absolute atomic E-state index is 0.492. The van der Waals surface area contributed by atoms with Gasteiger partial charge in [-0.15, -0.1) is 0 Å². The zero-order chi connectivity index (χ0) is 17.2. The molecule has 2 heterocycles. The summed E-state index contributed by atoms with van der Waals surface area (Å²) < 4.78 is 11.1. The molecule has 0 saturated carbocycles. The number of hydrogen-bond donors (Lipinski definition) is 0. The maximum atomic E-state index is 5.54. The average Bonchev–Trinajstić information content (AvgIpc) is 3.23. The molecule has 1 atom stereocenters. The molecule has 0 unspecified atom stereocenters. The molecule has 0 aliphatic carbocycles. The minimum atomic E-state index is 0.492. The summed E-state index contributed by atoms with van der Waals surface area (Å²) in [5.74, 6) is 2.72. The Morgan fingerprint density at radius 2 is 1.72 bits per heavy atom. The zero-order valence-electron chi connectivity index (χ0n) is 14.7. The van der Waals surface area contributed by atoms with Crippen LogP contribution in [0.1, 0.15) is 18.4 Å². The lowest BCUT2D eigenvalue weighted by atomic mass is 10.0. The van der Waals surface area contributed by atoms with E-state index in [0.29, 0.717) is 6.04 Å². The van der Waals surface area contributed by atoms with Crippen molar-refractivity contribution in [2.75, 3.05) is 25.9 Å². The highest BCUT2D eigenvalue weighted by atomic mass is 16.5. The van der Waals surface area contributed by atoms with Gasteiger partial charge in [-0.25, -0.2) is 5.01 Å². The Morgan fingerprint density at radius 3 is 2.40 bits per heavy atom. The Morgan fingerprint density at radius 1 is 1.00 bits per heavy atom. The van der Waals surface area contributed by atoms with Crippen LogP contribution in [0.15, 0.2) is 53.6 Å². The highest BCUT2D eigenvalue weighted by molar-refractivity contribution is 5.88. The van der Waals surface area contributed by atoms with E-state index in [2.05, 4.69) is 35.2 Å². The third kappa shape index (κ3) is 2.90. The maximum absolute atomic E-state index is 5.54. The summed E-state index contributed by atoms with van der Waals surface area (Å²) in [4.78, 5) is 2.42. The van der Waals surface area contributed by atoms with Crippen LogP contribution in [0.4, 0.5) is 5.69 Å². The summed E-state index contributed by atoms with van der Waals surface area (Å²) >= 11 is 0. The first-order chi connectivity index (χ1) is 12.3. The molecule has 4 rings (SSSR count). The number of fused-ring (bicyclic) bond motifs is 1. The van der Waals surface area contributed by atoms with Gasteiger partial charge in [-0.3, -0.25) is 0 Å². The van der Waals surface area contributed by atoms with Gasteiger partial charge in [0.05, 0.1) is 14.2 Å². The van der Waals surface area contributed by atoms with Crippen molar-refractivity contribution in [3.63, 3.8) is 0 Å². The fourth-order valence-electron chi connectivity index (χ4n) is 3.73. The number of nitrogens with zero attached hydrogens (tertiary/aromatic N) is 3. The monoisotopic (exact) mass is 337 g/mol. The topological polar surface area (TPSA) is 37.3 Å². The first-order valence-corrected chi connectivity index (χ1v) is 8.66. The third-order valence-corrected chi connectivity index (χ3v) is 4.97. The van der Waals surface area contributed by atoms with Crippen LogP contribution in [-0.2, 0) is 6.42 Å². The SMILES string of the molecule is COc1cccc(OC)c1N1CN2C(=N1)CC[C@@H]2Cc1ccccc1. The summed E-state index contributed by atoms with van der Waals surface area (Å²) in [6.07, 6.45) is 3.23. The first kappa shape index (κ1) is 15.8. The molecule has 5 heteroatoms. The number of rotatable bonds is 5. The lowest BCUT2D eigenvalue weighted by Gasteiger charge is -2.26. The standard InChI is InChI=1S/C20H23N3O2/c1-24-17-9-6-10-18(25-2)20(17)23-14-22-16(11-12-19(22)21-23)13-15-7-4-3-5-8-15/h3-10,16H,11-14H2,1-2H3/t16-/m1/s1. The lowest BCUT2D eigenvalue weighted by Crippen LogP contribution is -2.35. The molecule has 0 spiro atoms. The summed E-state index contributed by atoms with van der Waals surface area (Å²) in [6, 6.07) is 17.0. The van der Waals surface area contributed by atoms with Gasteiger partial charge >= 0.3 is 0 Å².